The summed E-state index contributed by atoms with van der Waals surface area (Å²) in [6, 6.07) is 0. The Hall–Kier alpha value is -0.290. The van der Waals surface area contributed by atoms with Crippen molar-refractivity contribution < 1.29 is 14.3 Å². The lowest BCUT2D eigenvalue weighted by Crippen LogP contribution is -2.18. The second-order valence-electron chi connectivity index (χ2n) is 3.10. The highest BCUT2D eigenvalue weighted by molar-refractivity contribution is 8.32. The van der Waals surface area contributed by atoms with Gasteiger partial charge in [0.15, 0.2) is 0 Å². The van der Waals surface area contributed by atoms with E-state index in [1.54, 1.807) is 0 Å². The molecular weight excluding hydrogens is 220 g/mol. The summed E-state index contributed by atoms with van der Waals surface area (Å²) in [4.78, 5) is 11.2. The van der Waals surface area contributed by atoms with Gasteiger partial charge in [0.05, 0.1) is 6.61 Å². The molecule has 0 aromatic rings. The smallest absolute Gasteiger partial charge is 0.376 e. The Bertz CT molecular complexity index is 204. The highest BCUT2D eigenvalue weighted by Gasteiger charge is 2.15. The molecule has 82 valence electrons. The maximum atomic E-state index is 11.2. The average Bonchev–Trinajstić information content (AvgIpc) is 2.03. The fourth-order valence-electron chi connectivity index (χ4n) is 0.527. The standard InChI is InChI=1S/C9H16O3S2/c1-5-11-9(13)14-8(10)12-7(4)6(2)3/h6-7H,5H2,1-4H3. The Morgan fingerprint density at radius 3 is 2.43 bits per heavy atom. The molecule has 0 aromatic carbocycles. The number of hydrogen-bond donors (Lipinski definition) is 0. The fraction of sp³-hybridized carbons (Fsp3) is 0.778. The molecule has 5 heteroatoms. The summed E-state index contributed by atoms with van der Waals surface area (Å²) in [5, 5.41) is -0.398. The number of hydrogen-bond acceptors (Lipinski definition) is 5. The molecule has 0 rings (SSSR count). The van der Waals surface area contributed by atoms with E-state index >= 15 is 0 Å². The number of carbonyl (C=O) groups is 1. The van der Waals surface area contributed by atoms with E-state index in [9.17, 15) is 4.79 Å². The molecular formula is C9H16O3S2. The highest BCUT2D eigenvalue weighted by atomic mass is 32.2. The predicted molar refractivity (Wildman–Crippen MR) is 62.6 cm³/mol. The van der Waals surface area contributed by atoms with Gasteiger partial charge in [0, 0.05) is 11.8 Å². The van der Waals surface area contributed by atoms with Crippen LogP contribution >= 0.6 is 24.0 Å². The summed E-state index contributed by atoms with van der Waals surface area (Å²) in [6.45, 7) is 8.12. The first kappa shape index (κ1) is 13.7. The molecule has 0 amide bonds. The van der Waals surface area contributed by atoms with Crippen molar-refractivity contribution in [2.75, 3.05) is 6.61 Å². The van der Waals surface area contributed by atoms with Crippen LogP contribution in [0.2, 0.25) is 0 Å². The third-order valence-electron chi connectivity index (χ3n) is 1.65. The third kappa shape index (κ3) is 6.21. The molecule has 0 saturated carbocycles. The second-order valence-corrected chi connectivity index (χ2v) is 4.64. The van der Waals surface area contributed by atoms with Crippen molar-refractivity contribution >= 4 is 33.7 Å². The Morgan fingerprint density at radius 1 is 1.43 bits per heavy atom. The van der Waals surface area contributed by atoms with Crippen LogP contribution in [-0.4, -0.2) is 22.4 Å². The lowest BCUT2D eigenvalue weighted by atomic mass is 10.1. The minimum absolute atomic E-state index is 0.0978. The van der Waals surface area contributed by atoms with Crippen LogP contribution in [0.15, 0.2) is 0 Å². The van der Waals surface area contributed by atoms with Gasteiger partial charge in [0.25, 0.3) is 0 Å². The van der Waals surface area contributed by atoms with Crippen LogP contribution in [0.5, 0.6) is 0 Å². The Balaban J connectivity index is 3.81. The average molecular weight is 236 g/mol. The topological polar surface area (TPSA) is 35.5 Å². The van der Waals surface area contributed by atoms with Crippen LogP contribution in [0.1, 0.15) is 27.7 Å². The first-order chi connectivity index (χ1) is 6.47. The molecule has 1 atom stereocenters. The largest absolute Gasteiger partial charge is 0.478 e. The number of carbonyl (C=O) groups excluding carboxylic acids is 1. The summed E-state index contributed by atoms with van der Waals surface area (Å²) in [6.07, 6.45) is -0.0978. The number of rotatable bonds is 3. The molecule has 0 spiro atoms. The number of thiocarbonyl (C=S) groups is 1. The van der Waals surface area contributed by atoms with Crippen molar-refractivity contribution in [1.82, 2.24) is 0 Å². The first-order valence-corrected chi connectivity index (χ1v) is 5.75. The van der Waals surface area contributed by atoms with Gasteiger partial charge < -0.3 is 9.47 Å². The first-order valence-electron chi connectivity index (χ1n) is 4.52. The van der Waals surface area contributed by atoms with E-state index in [1.807, 2.05) is 27.7 Å². The van der Waals surface area contributed by atoms with Gasteiger partial charge in [-0.15, -0.1) is 0 Å². The van der Waals surface area contributed by atoms with Crippen LogP contribution in [-0.2, 0) is 9.47 Å². The molecule has 0 aliphatic carbocycles. The lowest BCUT2D eigenvalue weighted by Gasteiger charge is -2.15. The summed E-state index contributed by atoms with van der Waals surface area (Å²) in [7, 11) is 0. The zero-order chi connectivity index (χ0) is 11.1. The number of ether oxygens (including phenoxy) is 2. The van der Waals surface area contributed by atoms with Crippen molar-refractivity contribution in [3.05, 3.63) is 0 Å². The Kier molecular flexibility index (Phi) is 6.92. The van der Waals surface area contributed by atoms with Gasteiger partial charge in [0.2, 0.25) is 4.38 Å². The van der Waals surface area contributed by atoms with E-state index in [1.165, 1.54) is 0 Å². The minimum atomic E-state index is -0.398. The van der Waals surface area contributed by atoms with Gasteiger partial charge in [-0.3, -0.25) is 0 Å². The van der Waals surface area contributed by atoms with Crippen LogP contribution in [0.3, 0.4) is 0 Å². The van der Waals surface area contributed by atoms with Crippen molar-refractivity contribution in [1.29, 1.82) is 0 Å². The zero-order valence-corrected chi connectivity index (χ0v) is 10.5. The van der Waals surface area contributed by atoms with Crippen molar-refractivity contribution in [2.24, 2.45) is 5.92 Å². The van der Waals surface area contributed by atoms with Crippen LogP contribution in [0.4, 0.5) is 4.79 Å². The van der Waals surface area contributed by atoms with Crippen molar-refractivity contribution in [3.8, 4) is 0 Å². The molecule has 0 aromatic heterocycles. The van der Waals surface area contributed by atoms with E-state index in [0.29, 0.717) is 12.5 Å². The normalized spacial score (nSPS) is 12.4. The van der Waals surface area contributed by atoms with Gasteiger partial charge in [0.1, 0.15) is 6.10 Å². The minimum Gasteiger partial charge on any atom is -0.478 e. The van der Waals surface area contributed by atoms with Gasteiger partial charge >= 0.3 is 5.30 Å². The molecule has 0 bridgehead atoms. The highest BCUT2D eigenvalue weighted by Crippen LogP contribution is 2.14. The number of thioether (sulfide) groups is 1. The molecule has 14 heavy (non-hydrogen) atoms. The summed E-state index contributed by atoms with van der Waals surface area (Å²) >= 11 is 5.61. The summed E-state index contributed by atoms with van der Waals surface area (Å²) in [5.41, 5.74) is 0. The SMILES string of the molecule is CCOC(=S)SC(=O)OC(C)C(C)C. The lowest BCUT2D eigenvalue weighted by molar-refractivity contribution is 0.105. The molecule has 0 heterocycles. The Morgan fingerprint density at radius 2 is 2.00 bits per heavy atom. The van der Waals surface area contributed by atoms with E-state index in [0.717, 1.165) is 11.8 Å². The summed E-state index contributed by atoms with van der Waals surface area (Å²) in [5.74, 6) is 0.306. The molecule has 1 unspecified atom stereocenters. The third-order valence-corrected chi connectivity index (χ3v) is 2.57. The van der Waals surface area contributed by atoms with E-state index in [4.69, 9.17) is 21.7 Å². The second kappa shape index (κ2) is 7.06. The molecule has 3 nitrogen and oxygen atoms in total. The van der Waals surface area contributed by atoms with Crippen LogP contribution in [0, 0.1) is 5.92 Å². The van der Waals surface area contributed by atoms with Gasteiger partial charge in [-0.25, -0.2) is 4.79 Å². The molecule has 0 fully saturated rings. The van der Waals surface area contributed by atoms with E-state index in [-0.39, 0.29) is 10.5 Å². The molecule has 0 aliphatic heterocycles. The predicted octanol–water partition coefficient (Wildman–Crippen LogP) is 3.22. The van der Waals surface area contributed by atoms with Gasteiger partial charge in [-0.1, -0.05) is 13.8 Å². The maximum Gasteiger partial charge on any atom is 0.376 e. The van der Waals surface area contributed by atoms with Gasteiger partial charge in [-0.2, -0.15) is 0 Å². The quantitative estimate of drug-likeness (QED) is 0.555. The fourth-order valence-corrected chi connectivity index (χ4v) is 1.36. The zero-order valence-electron chi connectivity index (χ0n) is 8.90. The molecule has 0 saturated heterocycles. The van der Waals surface area contributed by atoms with Gasteiger partial charge in [-0.05, 0) is 32.0 Å². The van der Waals surface area contributed by atoms with Crippen molar-refractivity contribution in [2.45, 2.75) is 33.8 Å². The Labute approximate surface area is 94.5 Å². The van der Waals surface area contributed by atoms with Crippen molar-refractivity contribution in [3.63, 3.8) is 0 Å². The van der Waals surface area contributed by atoms with Crippen LogP contribution in [0.25, 0.3) is 0 Å². The molecule has 0 aliphatic rings. The van der Waals surface area contributed by atoms with Crippen LogP contribution < -0.4 is 0 Å². The monoisotopic (exact) mass is 236 g/mol. The van der Waals surface area contributed by atoms with E-state index < -0.39 is 5.30 Å². The molecule has 0 radical (unpaired) electrons. The van der Waals surface area contributed by atoms with E-state index in [2.05, 4.69) is 0 Å². The maximum absolute atomic E-state index is 11.2. The summed E-state index contributed by atoms with van der Waals surface area (Å²) < 4.78 is 10.2. The molecule has 0 N–H and O–H groups in total.